The molecule has 1 aliphatic carbocycles. The Hall–Kier alpha value is -2.95. The molecule has 0 fully saturated rings. The number of esters is 1. The highest BCUT2D eigenvalue weighted by Crippen LogP contribution is 2.46. The van der Waals surface area contributed by atoms with E-state index in [-0.39, 0.29) is 22.1 Å². The van der Waals surface area contributed by atoms with Crippen LogP contribution in [0.5, 0.6) is 0 Å². The number of nitrogens with zero attached hydrogens (tertiary/aromatic N) is 1. The molecule has 2 aromatic carbocycles. The highest BCUT2D eigenvalue weighted by atomic mass is 79.9. The number of ether oxygens (including phenoxy) is 1. The number of Topliss-reactive ketones (excluding diaryl/α,β-unsaturated/α-hetero) is 1. The Morgan fingerprint density at radius 1 is 1.09 bits per heavy atom. The predicted molar refractivity (Wildman–Crippen MR) is 126 cm³/mol. The summed E-state index contributed by atoms with van der Waals surface area (Å²) in [5.74, 6) is -1.25. The van der Waals surface area contributed by atoms with Crippen molar-refractivity contribution in [3.05, 3.63) is 81.2 Å². The molecule has 1 heterocycles. The Kier molecular flexibility index (Phi) is 6.17. The van der Waals surface area contributed by atoms with Gasteiger partial charge in [-0.25, -0.2) is 18.4 Å². The minimum absolute atomic E-state index is 0.0549. The number of methoxy groups -OCH3 is 1. The molecule has 0 amide bonds. The number of carbonyl (C=O) groups excluding carboxylic acids is 2. The number of ketones is 1. The van der Waals surface area contributed by atoms with Crippen LogP contribution in [0.15, 0.2) is 80.6 Å². The fourth-order valence-corrected chi connectivity index (χ4v) is 5.15. The molecule has 0 saturated carbocycles. The summed E-state index contributed by atoms with van der Waals surface area (Å²) in [6, 6.07) is 13.2. The predicted octanol–water partition coefficient (Wildman–Crippen LogP) is 3.05. The van der Waals surface area contributed by atoms with Crippen molar-refractivity contribution in [2.75, 3.05) is 12.0 Å². The second-order valence-electron chi connectivity index (χ2n) is 7.79. The van der Waals surface area contributed by atoms with Crippen LogP contribution < -0.4 is 15.8 Å². The molecule has 1 atom stereocenters. The molecular formula is C23H22BrN3O5S. The molecule has 0 saturated heterocycles. The van der Waals surface area contributed by atoms with Crippen molar-refractivity contribution in [3.63, 3.8) is 0 Å². The Labute approximate surface area is 200 Å². The van der Waals surface area contributed by atoms with Crippen LogP contribution in [0.3, 0.4) is 0 Å². The quantitative estimate of drug-likeness (QED) is 0.579. The van der Waals surface area contributed by atoms with Gasteiger partial charge in [-0.2, -0.15) is 0 Å². The van der Waals surface area contributed by atoms with E-state index in [4.69, 9.17) is 15.6 Å². The second-order valence-corrected chi connectivity index (χ2v) is 10.3. The van der Waals surface area contributed by atoms with Gasteiger partial charge in [0, 0.05) is 27.9 Å². The Balaban J connectivity index is 1.96. The molecule has 0 bridgehead atoms. The third-order valence-corrected chi connectivity index (χ3v) is 7.28. The van der Waals surface area contributed by atoms with Crippen molar-refractivity contribution in [2.45, 2.75) is 30.1 Å². The lowest BCUT2D eigenvalue weighted by molar-refractivity contribution is -0.136. The number of rotatable bonds is 4. The maximum atomic E-state index is 13.2. The zero-order valence-electron chi connectivity index (χ0n) is 17.7. The second kappa shape index (κ2) is 8.77. The monoisotopic (exact) mass is 531 g/mol. The number of carbonyl (C=O) groups is 2. The summed E-state index contributed by atoms with van der Waals surface area (Å²) in [4.78, 5) is 27.7. The van der Waals surface area contributed by atoms with Crippen molar-refractivity contribution in [1.82, 2.24) is 0 Å². The molecular weight excluding hydrogens is 510 g/mol. The van der Waals surface area contributed by atoms with E-state index in [1.165, 1.54) is 19.2 Å². The number of nitrogens with two attached hydrogens (primary N) is 2. The number of primary sulfonamides is 1. The van der Waals surface area contributed by atoms with Crippen molar-refractivity contribution < 1.29 is 22.7 Å². The topological polar surface area (TPSA) is 133 Å². The van der Waals surface area contributed by atoms with Gasteiger partial charge < -0.3 is 10.5 Å². The summed E-state index contributed by atoms with van der Waals surface area (Å²) < 4.78 is 29.3. The minimum atomic E-state index is -3.88. The molecule has 10 heteroatoms. The fourth-order valence-electron chi connectivity index (χ4n) is 4.37. The van der Waals surface area contributed by atoms with E-state index in [1.807, 2.05) is 24.3 Å². The smallest absolute Gasteiger partial charge is 0.338 e. The molecule has 172 valence electrons. The number of hydrogen-bond donors (Lipinski definition) is 2. The van der Waals surface area contributed by atoms with E-state index in [2.05, 4.69) is 15.9 Å². The molecule has 1 unspecified atom stereocenters. The summed E-state index contributed by atoms with van der Waals surface area (Å²) in [5, 5.41) is 5.22. The normalized spacial score (nSPS) is 18.9. The lowest BCUT2D eigenvalue weighted by Gasteiger charge is -2.40. The molecule has 0 spiro atoms. The van der Waals surface area contributed by atoms with Gasteiger partial charge in [0.1, 0.15) is 5.82 Å². The fraction of sp³-hybridized carbons (Fsp3) is 0.217. The van der Waals surface area contributed by atoms with Crippen LogP contribution in [0.25, 0.3) is 0 Å². The van der Waals surface area contributed by atoms with Gasteiger partial charge >= 0.3 is 5.97 Å². The zero-order chi connectivity index (χ0) is 23.9. The van der Waals surface area contributed by atoms with Crippen LogP contribution in [0.4, 0.5) is 5.69 Å². The first kappa shape index (κ1) is 23.2. The molecule has 1 aliphatic heterocycles. The van der Waals surface area contributed by atoms with Crippen LogP contribution in [0, 0.1) is 0 Å². The first-order chi connectivity index (χ1) is 15.6. The van der Waals surface area contributed by atoms with Crippen molar-refractivity contribution >= 4 is 43.4 Å². The van der Waals surface area contributed by atoms with E-state index < -0.39 is 21.9 Å². The zero-order valence-corrected chi connectivity index (χ0v) is 20.1. The van der Waals surface area contributed by atoms with E-state index in [1.54, 1.807) is 17.0 Å². The van der Waals surface area contributed by atoms with Gasteiger partial charge in [0.25, 0.3) is 0 Å². The molecule has 8 nitrogen and oxygen atoms in total. The van der Waals surface area contributed by atoms with Gasteiger partial charge in [0.05, 0.1) is 23.5 Å². The number of halogens is 1. The van der Waals surface area contributed by atoms with Crippen molar-refractivity contribution in [2.24, 2.45) is 10.9 Å². The molecule has 4 N–H and O–H groups in total. The number of allylic oxidation sites excluding steroid dienone is 2. The summed E-state index contributed by atoms with van der Waals surface area (Å²) in [7, 11) is -2.62. The third-order valence-electron chi connectivity index (χ3n) is 5.82. The third kappa shape index (κ3) is 4.21. The molecule has 4 rings (SSSR count). The Bertz CT molecular complexity index is 1300. The first-order valence-electron chi connectivity index (χ1n) is 10.2. The van der Waals surface area contributed by atoms with E-state index in [0.29, 0.717) is 36.2 Å². The van der Waals surface area contributed by atoms with Crippen molar-refractivity contribution in [3.8, 4) is 0 Å². The average Bonchev–Trinajstić information content (AvgIpc) is 2.78. The Morgan fingerprint density at radius 2 is 1.73 bits per heavy atom. The van der Waals surface area contributed by atoms with Crippen LogP contribution in [-0.4, -0.2) is 27.3 Å². The van der Waals surface area contributed by atoms with Crippen LogP contribution in [0.2, 0.25) is 0 Å². The van der Waals surface area contributed by atoms with Gasteiger partial charge in [-0.1, -0.05) is 28.1 Å². The highest BCUT2D eigenvalue weighted by Gasteiger charge is 2.42. The summed E-state index contributed by atoms with van der Waals surface area (Å²) in [5.41, 5.74) is 9.17. The van der Waals surface area contributed by atoms with E-state index in [0.717, 1.165) is 10.0 Å². The molecule has 0 radical (unpaired) electrons. The number of hydrogen-bond acceptors (Lipinski definition) is 7. The van der Waals surface area contributed by atoms with E-state index >= 15 is 0 Å². The van der Waals surface area contributed by atoms with Crippen LogP contribution >= 0.6 is 15.9 Å². The highest BCUT2D eigenvalue weighted by molar-refractivity contribution is 9.10. The van der Waals surface area contributed by atoms with Gasteiger partial charge in [0.15, 0.2) is 5.78 Å². The lowest BCUT2D eigenvalue weighted by atomic mass is 9.75. The maximum Gasteiger partial charge on any atom is 0.338 e. The SMILES string of the molecule is COC(=O)C1=C(N)N(c2ccc(S(N)(=O)=O)cc2)C2=C(C(=O)CCC2)C1c1ccc(Br)cc1. The van der Waals surface area contributed by atoms with Gasteiger partial charge in [-0.15, -0.1) is 0 Å². The van der Waals surface area contributed by atoms with Crippen LogP contribution in [-0.2, 0) is 24.3 Å². The van der Waals surface area contributed by atoms with Crippen LogP contribution in [0.1, 0.15) is 30.7 Å². The van der Waals surface area contributed by atoms with Crippen molar-refractivity contribution in [1.29, 1.82) is 0 Å². The summed E-state index contributed by atoms with van der Waals surface area (Å²) >= 11 is 3.41. The lowest BCUT2D eigenvalue weighted by Crippen LogP contribution is -2.40. The minimum Gasteiger partial charge on any atom is -0.466 e. The largest absolute Gasteiger partial charge is 0.466 e. The molecule has 2 aromatic rings. The van der Waals surface area contributed by atoms with Gasteiger partial charge in [-0.3, -0.25) is 9.69 Å². The Morgan fingerprint density at radius 3 is 2.30 bits per heavy atom. The van der Waals surface area contributed by atoms with Gasteiger partial charge in [0.2, 0.25) is 10.0 Å². The van der Waals surface area contributed by atoms with E-state index in [9.17, 15) is 18.0 Å². The summed E-state index contributed by atoms with van der Waals surface area (Å²) in [6.07, 6.45) is 1.57. The number of anilines is 1. The molecule has 33 heavy (non-hydrogen) atoms. The van der Waals surface area contributed by atoms with Gasteiger partial charge in [-0.05, 0) is 54.8 Å². The molecule has 0 aromatic heterocycles. The number of benzene rings is 2. The standard InChI is InChI=1S/C23H22BrN3O5S/c1-32-23(29)21-19(13-5-7-14(24)8-6-13)20-17(3-2-4-18(20)28)27(22(21)25)15-9-11-16(12-10-15)33(26,30)31/h5-12,19H,2-4,25H2,1H3,(H2,26,30,31). The molecule has 2 aliphatic rings. The maximum absolute atomic E-state index is 13.2. The summed E-state index contributed by atoms with van der Waals surface area (Å²) in [6.45, 7) is 0. The average molecular weight is 532 g/mol. The first-order valence-corrected chi connectivity index (χ1v) is 12.5. The number of sulfonamides is 1.